The molecule has 0 unspecified atom stereocenters. The Labute approximate surface area is 89.1 Å². The zero-order valence-electron chi connectivity index (χ0n) is 8.70. The van der Waals surface area contributed by atoms with E-state index >= 15 is 0 Å². The summed E-state index contributed by atoms with van der Waals surface area (Å²) in [5, 5.41) is 1.22. The van der Waals surface area contributed by atoms with Gasteiger partial charge in [-0.25, -0.2) is 0 Å². The molecule has 0 bridgehead atoms. The van der Waals surface area contributed by atoms with Gasteiger partial charge in [-0.15, -0.1) is 0 Å². The molecule has 1 aromatic carbocycles. The van der Waals surface area contributed by atoms with Gasteiger partial charge >= 0.3 is 0 Å². The van der Waals surface area contributed by atoms with E-state index in [1.54, 1.807) is 0 Å². The van der Waals surface area contributed by atoms with Crippen LogP contribution in [0, 0.1) is 0 Å². The first-order chi connectivity index (χ1) is 7.36. The van der Waals surface area contributed by atoms with Crippen LogP contribution >= 0.6 is 0 Å². The van der Waals surface area contributed by atoms with Crippen LogP contribution in [0.15, 0.2) is 28.7 Å². The maximum absolute atomic E-state index is 5.84. The molecule has 2 nitrogen and oxygen atoms in total. The van der Waals surface area contributed by atoms with E-state index in [1.165, 1.54) is 23.8 Å². The van der Waals surface area contributed by atoms with Crippen molar-refractivity contribution in [3.05, 3.63) is 35.6 Å². The quantitative estimate of drug-likeness (QED) is 0.829. The average molecular weight is 201 g/mol. The fraction of sp³-hybridized carbons (Fsp3) is 0.385. The van der Waals surface area contributed by atoms with Crippen molar-refractivity contribution in [2.75, 3.05) is 6.54 Å². The molecule has 2 heteroatoms. The Balaban J connectivity index is 2.02. The first kappa shape index (κ1) is 8.98. The van der Waals surface area contributed by atoms with E-state index < -0.39 is 0 Å². The predicted molar refractivity (Wildman–Crippen MR) is 60.9 cm³/mol. The summed E-state index contributed by atoms with van der Waals surface area (Å²) in [4.78, 5) is 0. The molecule has 1 aromatic heterocycles. The first-order valence-electron chi connectivity index (χ1n) is 5.59. The summed E-state index contributed by atoms with van der Waals surface area (Å²) >= 11 is 0. The molecule has 15 heavy (non-hydrogen) atoms. The molecule has 3 rings (SSSR count). The lowest BCUT2D eigenvalue weighted by Gasteiger charge is -1.96. The lowest BCUT2D eigenvalue weighted by atomic mass is 10.1. The van der Waals surface area contributed by atoms with Crippen molar-refractivity contribution >= 4 is 11.0 Å². The maximum atomic E-state index is 5.84. The molecule has 2 aromatic rings. The van der Waals surface area contributed by atoms with Gasteiger partial charge in [-0.1, -0.05) is 12.1 Å². The van der Waals surface area contributed by atoms with E-state index in [-0.39, 0.29) is 0 Å². The molecule has 1 aliphatic carbocycles. The highest BCUT2D eigenvalue weighted by atomic mass is 16.3. The minimum absolute atomic E-state index is 0.690. The van der Waals surface area contributed by atoms with E-state index in [9.17, 15) is 0 Å². The third-order valence-corrected chi connectivity index (χ3v) is 3.02. The van der Waals surface area contributed by atoms with Crippen LogP contribution in [0.4, 0.5) is 0 Å². The van der Waals surface area contributed by atoms with Gasteiger partial charge in [-0.05, 0) is 43.5 Å². The zero-order valence-corrected chi connectivity index (χ0v) is 8.70. The Morgan fingerprint density at radius 3 is 2.87 bits per heavy atom. The number of furan rings is 1. The van der Waals surface area contributed by atoms with Crippen molar-refractivity contribution in [3.63, 3.8) is 0 Å². The lowest BCUT2D eigenvalue weighted by Crippen LogP contribution is -2.02. The molecule has 0 radical (unpaired) electrons. The van der Waals surface area contributed by atoms with E-state index in [2.05, 4.69) is 24.3 Å². The fourth-order valence-electron chi connectivity index (χ4n) is 1.99. The molecule has 0 amide bonds. The van der Waals surface area contributed by atoms with E-state index in [0.717, 1.165) is 17.8 Å². The van der Waals surface area contributed by atoms with Gasteiger partial charge in [0.25, 0.3) is 0 Å². The molecule has 0 spiro atoms. The summed E-state index contributed by atoms with van der Waals surface area (Å²) in [6, 6.07) is 8.57. The van der Waals surface area contributed by atoms with Crippen LogP contribution in [-0.2, 0) is 6.42 Å². The summed E-state index contributed by atoms with van der Waals surface area (Å²) in [6.45, 7) is 0.696. The number of fused-ring (bicyclic) bond motifs is 1. The Bertz CT molecular complexity index is 482. The molecule has 1 saturated carbocycles. The largest absolute Gasteiger partial charge is 0.461 e. The molecule has 2 N–H and O–H groups in total. The summed E-state index contributed by atoms with van der Waals surface area (Å²) in [6.07, 6.45) is 3.50. The number of hydrogen-bond donors (Lipinski definition) is 1. The van der Waals surface area contributed by atoms with Gasteiger partial charge in [0.05, 0.1) is 0 Å². The van der Waals surface area contributed by atoms with Gasteiger partial charge < -0.3 is 10.2 Å². The van der Waals surface area contributed by atoms with Crippen molar-refractivity contribution in [3.8, 4) is 0 Å². The highest BCUT2D eigenvalue weighted by Crippen LogP contribution is 2.42. The molecule has 1 heterocycles. The monoisotopic (exact) mass is 201 g/mol. The molecule has 78 valence electrons. The average Bonchev–Trinajstić information content (AvgIpc) is 2.99. The second-order valence-corrected chi connectivity index (χ2v) is 4.33. The molecule has 1 fully saturated rings. The minimum Gasteiger partial charge on any atom is -0.461 e. The SMILES string of the molecule is NCCc1ccc2cc(C3CC3)oc2c1. The molecular formula is C13H15NO. The smallest absolute Gasteiger partial charge is 0.134 e. The lowest BCUT2D eigenvalue weighted by molar-refractivity contribution is 0.552. The fourth-order valence-corrected chi connectivity index (χ4v) is 1.99. The minimum atomic E-state index is 0.690. The van der Waals surface area contributed by atoms with Crippen LogP contribution in [0.1, 0.15) is 30.1 Å². The van der Waals surface area contributed by atoms with Crippen molar-refractivity contribution in [2.45, 2.75) is 25.2 Å². The number of nitrogens with two attached hydrogens (primary N) is 1. The van der Waals surface area contributed by atoms with Crippen molar-refractivity contribution in [1.82, 2.24) is 0 Å². The van der Waals surface area contributed by atoms with E-state index in [0.29, 0.717) is 12.5 Å². The third kappa shape index (κ3) is 1.65. The van der Waals surface area contributed by atoms with Crippen molar-refractivity contribution in [2.24, 2.45) is 5.73 Å². The van der Waals surface area contributed by atoms with Gasteiger partial charge in [0.2, 0.25) is 0 Å². The second kappa shape index (κ2) is 3.38. The predicted octanol–water partition coefficient (Wildman–Crippen LogP) is 2.81. The Morgan fingerprint density at radius 1 is 1.27 bits per heavy atom. The summed E-state index contributed by atoms with van der Waals surface area (Å²) in [7, 11) is 0. The third-order valence-electron chi connectivity index (χ3n) is 3.02. The summed E-state index contributed by atoms with van der Waals surface area (Å²) < 4.78 is 5.84. The molecule has 0 atom stereocenters. The van der Waals surface area contributed by atoms with Crippen LogP contribution in [0.5, 0.6) is 0 Å². The van der Waals surface area contributed by atoms with Gasteiger partial charge in [-0.3, -0.25) is 0 Å². The van der Waals surface area contributed by atoms with E-state index in [1.807, 2.05) is 0 Å². The zero-order chi connectivity index (χ0) is 10.3. The van der Waals surface area contributed by atoms with Gasteiger partial charge in [0.1, 0.15) is 11.3 Å². The summed E-state index contributed by atoms with van der Waals surface area (Å²) in [5.41, 5.74) is 7.82. The van der Waals surface area contributed by atoms with Crippen molar-refractivity contribution in [1.29, 1.82) is 0 Å². The highest BCUT2D eigenvalue weighted by molar-refractivity contribution is 5.78. The Kier molecular flexibility index (Phi) is 2.03. The van der Waals surface area contributed by atoms with Crippen LogP contribution in [-0.4, -0.2) is 6.54 Å². The molecular weight excluding hydrogens is 186 g/mol. The number of rotatable bonds is 3. The van der Waals surface area contributed by atoms with Crippen LogP contribution < -0.4 is 5.73 Å². The first-order valence-corrected chi connectivity index (χ1v) is 5.59. The number of benzene rings is 1. The van der Waals surface area contributed by atoms with E-state index in [4.69, 9.17) is 10.2 Å². The molecule has 1 aliphatic rings. The van der Waals surface area contributed by atoms with Gasteiger partial charge in [0.15, 0.2) is 0 Å². The molecule has 0 saturated heterocycles. The van der Waals surface area contributed by atoms with Crippen LogP contribution in [0.3, 0.4) is 0 Å². The number of hydrogen-bond acceptors (Lipinski definition) is 2. The van der Waals surface area contributed by atoms with Crippen LogP contribution in [0.25, 0.3) is 11.0 Å². The Hall–Kier alpha value is -1.28. The topological polar surface area (TPSA) is 39.2 Å². The Morgan fingerprint density at radius 2 is 2.13 bits per heavy atom. The molecule has 0 aliphatic heterocycles. The standard InChI is InChI=1S/C13H15NO/c14-6-5-9-1-2-11-8-13(10-3-4-10)15-12(11)7-9/h1-2,7-8,10H,3-6,14H2. The normalized spacial score (nSPS) is 16.1. The summed E-state index contributed by atoms with van der Waals surface area (Å²) in [5.74, 6) is 1.85. The van der Waals surface area contributed by atoms with Gasteiger partial charge in [-0.2, -0.15) is 0 Å². The van der Waals surface area contributed by atoms with Crippen molar-refractivity contribution < 1.29 is 4.42 Å². The highest BCUT2D eigenvalue weighted by Gasteiger charge is 2.27. The maximum Gasteiger partial charge on any atom is 0.134 e. The second-order valence-electron chi connectivity index (χ2n) is 4.33. The van der Waals surface area contributed by atoms with Crippen LogP contribution in [0.2, 0.25) is 0 Å². The van der Waals surface area contributed by atoms with Gasteiger partial charge in [0, 0.05) is 11.3 Å².